The van der Waals surface area contributed by atoms with E-state index in [9.17, 15) is 4.79 Å². The molecule has 3 heteroatoms. The van der Waals surface area contributed by atoms with Gasteiger partial charge in [-0.3, -0.25) is 4.79 Å². The molecule has 3 N–H and O–H groups in total. The van der Waals surface area contributed by atoms with E-state index < -0.39 is 12.0 Å². The van der Waals surface area contributed by atoms with Crippen LogP contribution in [0.3, 0.4) is 0 Å². The first-order chi connectivity index (χ1) is 6.20. The molecule has 70 valence electrons. The summed E-state index contributed by atoms with van der Waals surface area (Å²) in [5.74, 6) is 5.27. The summed E-state index contributed by atoms with van der Waals surface area (Å²) in [6.07, 6.45) is 5.99. The Hall–Kier alpha value is -1.27. The molecule has 0 aromatic heterocycles. The van der Waals surface area contributed by atoms with Crippen LogP contribution in [0.1, 0.15) is 19.3 Å². The van der Waals surface area contributed by atoms with Crippen LogP contribution in [-0.4, -0.2) is 17.1 Å². The fraction of sp³-hybridized carbons (Fsp3) is 0.500. The number of allylic oxidation sites excluding steroid dienone is 2. The average Bonchev–Trinajstić information content (AvgIpc) is 2.15. The third-order valence-corrected chi connectivity index (χ3v) is 2.08. The summed E-state index contributed by atoms with van der Waals surface area (Å²) in [5.41, 5.74) is 5.37. The molecule has 1 unspecified atom stereocenters. The van der Waals surface area contributed by atoms with Gasteiger partial charge >= 0.3 is 5.97 Å². The van der Waals surface area contributed by atoms with Crippen LogP contribution in [0.2, 0.25) is 0 Å². The molecule has 0 aliphatic heterocycles. The van der Waals surface area contributed by atoms with Gasteiger partial charge in [-0.1, -0.05) is 17.9 Å². The molecular formula is C10H13NO2. The molecule has 3 nitrogen and oxygen atoms in total. The van der Waals surface area contributed by atoms with Crippen LogP contribution in [-0.2, 0) is 4.79 Å². The van der Waals surface area contributed by atoms with Crippen molar-refractivity contribution >= 4 is 5.97 Å². The van der Waals surface area contributed by atoms with E-state index in [2.05, 4.69) is 11.8 Å². The number of carboxylic acids is 1. The highest BCUT2D eigenvalue weighted by Crippen LogP contribution is 2.15. The van der Waals surface area contributed by atoms with Crippen molar-refractivity contribution in [3.05, 3.63) is 12.2 Å². The van der Waals surface area contributed by atoms with Crippen LogP contribution in [0.5, 0.6) is 0 Å². The summed E-state index contributed by atoms with van der Waals surface area (Å²) < 4.78 is 0. The molecule has 1 rings (SSSR count). The van der Waals surface area contributed by atoms with Crippen LogP contribution in [0.25, 0.3) is 0 Å². The summed E-state index contributed by atoms with van der Waals surface area (Å²) in [6.45, 7) is 0. The minimum Gasteiger partial charge on any atom is -0.480 e. The molecule has 0 heterocycles. The monoisotopic (exact) mass is 179 g/mol. The Labute approximate surface area is 77.6 Å². The maximum Gasteiger partial charge on any atom is 0.320 e. The maximum absolute atomic E-state index is 10.4. The highest BCUT2D eigenvalue weighted by molar-refractivity contribution is 5.72. The Morgan fingerprint density at radius 1 is 1.77 bits per heavy atom. The zero-order valence-corrected chi connectivity index (χ0v) is 7.36. The molecule has 2 atom stereocenters. The first-order valence-corrected chi connectivity index (χ1v) is 4.33. The van der Waals surface area contributed by atoms with Crippen molar-refractivity contribution in [1.82, 2.24) is 0 Å². The van der Waals surface area contributed by atoms with E-state index in [0.717, 1.165) is 12.8 Å². The lowest BCUT2D eigenvalue weighted by Gasteiger charge is -2.12. The molecule has 0 saturated heterocycles. The van der Waals surface area contributed by atoms with E-state index in [-0.39, 0.29) is 0 Å². The first kappa shape index (κ1) is 9.82. The fourth-order valence-corrected chi connectivity index (χ4v) is 1.22. The molecule has 0 bridgehead atoms. The number of carbonyl (C=O) groups is 1. The number of nitrogens with two attached hydrogens (primary N) is 1. The molecule has 0 aromatic rings. The normalized spacial score (nSPS) is 21.8. The second kappa shape index (κ2) is 4.68. The van der Waals surface area contributed by atoms with Gasteiger partial charge in [0.25, 0.3) is 0 Å². The second-order valence-electron chi connectivity index (χ2n) is 3.17. The van der Waals surface area contributed by atoms with Crippen LogP contribution in [0.15, 0.2) is 12.2 Å². The SMILES string of the molecule is N[C@@H](CCC1C=CC#CC1)C(=O)O. The maximum atomic E-state index is 10.4. The van der Waals surface area contributed by atoms with Crippen LogP contribution in [0, 0.1) is 17.8 Å². The van der Waals surface area contributed by atoms with Crippen LogP contribution >= 0.6 is 0 Å². The van der Waals surface area contributed by atoms with Gasteiger partial charge in [-0.2, -0.15) is 0 Å². The van der Waals surface area contributed by atoms with Crippen LogP contribution in [0.4, 0.5) is 0 Å². The number of carboxylic acid groups (broad SMARTS) is 1. The van der Waals surface area contributed by atoms with Gasteiger partial charge in [-0.15, -0.1) is 0 Å². The molecule has 1 aliphatic carbocycles. The third kappa shape index (κ3) is 3.30. The fourth-order valence-electron chi connectivity index (χ4n) is 1.22. The molecule has 0 fully saturated rings. The molecular weight excluding hydrogens is 166 g/mol. The lowest BCUT2D eigenvalue weighted by atomic mass is 9.95. The van der Waals surface area contributed by atoms with Gasteiger partial charge in [-0.05, 0) is 24.8 Å². The number of aliphatic carboxylic acids is 1. The lowest BCUT2D eigenvalue weighted by Crippen LogP contribution is -2.30. The number of hydrogen-bond donors (Lipinski definition) is 2. The number of hydrogen-bond acceptors (Lipinski definition) is 2. The van der Waals surface area contributed by atoms with E-state index in [4.69, 9.17) is 10.8 Å². The van der Waals surface area contributed by atoms with Gasteiger partial charge in [-0.25, -0.2) is 0 Å². The lowest BCUT2D eigenvalue weighted by molar-refractivity contribution is -0.138. The number of rotatable bonds is 4. The Morgan fingerprint density at radius 3 is 3.08 bits per heavy atom. The molecule has 1 aliphatic rings. The van der Waals surface area contributed by atoms with Gasteiger partial charge < -0.3 is 10.8 Å². The molecule has 0 saturated carbocycles. The smallest absolute Gasteiger partial charge is 0.320 e. The first-order valence-electron chi connectivity index (χ1n) is 4.33. The second-order valence-corrected chi connectivity index (χ2v) is 3.17. The van der Waals surface area contributed by atoms with Crippen molar-refractivity contribution in [2.75, 3.05) is 0 Å². The van der Waals surface area contributed by atoms with E-state index in [0.29, 0.717) is 12.3 Å². The predicted octanol–water partition coefficient (Wildman–Crippen LogP) is 0.758. The van der Waals surface area contributed by atoms with Crippen LogP contribution < -0.4 is 5.73 Å². The van der Waals surface area contributed by atoms with Gasteiger partial charge in [0, 0.05) is 6.42 Å². The molecule has 13 heavy (non-hydrogen) atoms. The molecule has 0 radical (unpaired) electrons. The minimum absolute atomic E-state index is 0.381. The van der Waals surface area contributed by atoms with E-state index in [1.165, 1.54) is 0 Å². The summed E-state index contributed by atoms with van der Waals surface area (Å²) in [4.78, 5) is 10.4. The van der Waals surface area contributed by atoms with Crippen molar-refractivity contribution < 1.29 is 9.90 Å². The topological polar surface area (TPSA) is 63.3 Å². The van der Waals surface area contributed by atoms with Gasteiger partial charge in [0.1, 0.15) is 6.04 Å². The highest BCUT2D eigenvalue weighted by atomic mass is 16.4. The Bertz CT molecular complexity index is 272. The van der Waals surface area contributed by atoms with Crippen molar-refractivity contribution in [3.63, 3.8) is 0 Å². The quantitative estimate of drug-likeness (QED) is 0.626. The summed E-state index contributed by atoms with van der Waals surface area (Å²) >= 11 is 0. The highest BCUT2D eigenvalue weighted by Gasteiger charge is 2.13. The third-order valence-electron chi connectivity index (χ3n) is 2.08. The Balaban J connectivity index is 2.24. The Kier molecular flexibility index (Phi) is 3.53. The van der Waals surface area contributed by atoms with Crippen molar-refractivity contribution in [2.24, 2.45) is 11.7 Å². The summed E-state index contributed by atoms with van der Waals surface area (Å²) in [6, 6.07) is -0.733. The van der Waals surface area contributed by atoms with E-state index >= 15 is 0 Å². The molecule has 0 spiro atoms. The standard InChI is InChI=1S/C10H13NO2/c11-9(10(12)13)7-6-8-4-2-1-3-5-8/h2,4,8-9H,5-7,11H2,(H,12,13)/t8?,9-/m0/s1. The largest absolute Gasteiger partial charge is 0.480 e. The van der Waals surface area contributed by atoms with E-state index in [1.54, 1.807) is 0 Å². The average molecular weight is 179 g/mol. The van der Waals surface area contributed by atoms with E-state index in [1.807, 2.05) is 12.2 Å². The van der Waals surface area contributed by atoms with Crippen molar-refractivity contribution in [3.8, 4) is 11.8 Å². The van der Waals surface area contributed by atoms with Gasteiger partial charge in [0.2, 0.25) is 0 Å². The zero-order chi connectivity index (χ0) is 9.68. The minimum atomic E-state index is -0.925. The Morgan fingerprint density at radius 2 is 2.54 bits per heavy atom. The van der Waals surface area contributed by atoms with Gasteiger partial charge in [0.15, 0.2) is 0 Å². The van der Waals surface area contributed by atoms with Crippen molar-refractivity contribution in [1.29, 1.82) is 0 Å². The molecule has 0 amide bonds. The summed E-state index contributed by atoms with van der Waals surface area (Å²) in [5, 5.41) is 8.54. The summed E-state index contributed by atoms with van der Waals surface area (Å²) in [7, 11) is 0. The molecule has 0 aromatic carbocycles. The van der Waals surface area contributed by atoms with Gasteiger partial charge in [0.05, 0.1) is 0 Å². The zero-order valence-electron chi connectivity index (χ0n) is 7.36. The predicted molar refractivity (Wildman–Crippen MR) is 49.9 cm³/mol. The van der Waals surface area contributed by atoms with Crippen molar-refractivity contribution in [2.45, 2.75) is 25.3 Å².